The van der Waals surface area contributed by atoms with Crippen molar-refractivity contribution in [3.8, 4) is 0 Å². The Kier molecular flexibility index (Phi) is 24.6. The van der Waals surface area contributed by atoms with Gasteiger partial charge in [-0.3, -0.25) is 62.3 Å². The van der Waals surface area contributed by atoms with E-state index in [-0.39, 0.29) is 175 Å². The summed E-state index contributed by atoms with van der Waals surface area (Å²) in [6.45, 7) is 17.2. The first-order valence-electron chi connectivity index (χ1n) is 48.6. The number of fused-ring (bicyclic) bond motifs is 25. The van der Waals surface area contributed by atoms with Gasteiger partial charge in [0.1, 0.15) is 72.8 Å². The first-order chi connectivity index (χ1) is 60.5. The minimum Gasteiger partial charge on any atom is -0.393 e. The van der Waals surface area contributed by atoms with E-state index in [1.54, 1.807) is 36.5 Å². The second kappa shape index (κ2) is 33.2. The fourth-order valence-corrected chi connectivity index (χ4v) is 34.8. The summed E-state index contributed by atoms with van der Waals surface area (Å²) >= 11 is 0. The van der Waals surface area contributed by atoms with Gasteiger partial charge in [0.2, 0.25) is 0 Å². The third kappa shape index (κ3) is 14.0. The molecule has 704 valence electrons. The number of aliphatic hydroxyl groups is 11. The average molecular weight is 1790 g/mol. The maximum Gasteiger partial charge on any atom is 0.190 e. The summed E-state index contributed by atoms with van der Waals surface area (Å²) in [4.78, 5) is 161. The van der Waals surface area contributed by atoms with Crippen molar-refractivity contribution in [2.24, 2.45) is 149 Å². The first-order valence-corrected chi connectivity index (χ1v) is 48.6. The lowest BCUT2D eigenvalue weighted by atomic mass is 9.45. The van der Waals surface area contributed by atoms with E-state index in [1.807, 2.05) is 52.8 Å². The minimum absolute atomic E-state index is 0.00153. The molecule has 20 aliphatic carbocycles. The minimum atomic E-state index is -1.62. The summed E-state index contributed by atoms with van der Waals surface area (Å²) in [5.41, 5.74) is -5.47. The van der Waals surface area contributed by atoms with Crippen molar-refractivity contribution in [1.29, 1.82) is 0 Å². The van der Waals surface area contributed by atoms with Gasteiger partial charge >= 0.3 is 0 Å². The number of carbonyl (C=O) groups is 13. The number of ketones is 13. The van der Waals surface area contributed by atoms with Crippen LogP contribution in [0.2, 0.25) is 0 Å². The lowest BCUT2D eigenvalue weighted by Crippen LogP contribution is -2.62. The van der Waals surface area contributed by atoms with Crippen LogP contribution in [0.5, 0.6) is 0 Å². The number of Topliss-reactive ketones (excluding diaryl/α,β-unsaturated/α-hetero) is 8. The molecule has 0 bridgehead atoms. The van der Waals surface area contributed by atoms with E-state index in [0.29, 0.717) is 95.3 Å². The maximum absolute atomic E-state index is 13.3. The van der Waals surface area contributed by atoms with Gasteiger partial charge in [0.05, 0.1) is 12.2 Å². The second-order valence-electron chi connectivity index (χ2n) is 46.4. The molecule has 15 fully saturated rings. The molecule has 11 N–H and O–H groups in total. The van der Waals surface area contributed by atoms with Crippen LogP contribution in [0.3, 0.4) is 0 Å². The van der Waals surface area contributed by atoms with E-state index in [0.717, 1.165) is 119 Å². The van der Waals surface area contributed by atoms with Crippen LogP contribution in [0.15, 0.2) is 82.5 Å². The van der Waals surface area contributed by atoms with E-state index in [1.165, 1.54) is 11.1 Å². The zero-order valence-corrected chi connectivity index (χ0v) is 77.3. The number of allylic oxidation sites excluding steroid dienone is 11. The van der Waals surface area contributed by atoms with Crippen molar-refractivity contribution in [3.63, 3.8) is 0 Å². The van der Waals surface area contributed by atoms with Gasteiger partial charge in [-0.15, -0.1) is 0 Å². The van der Waals surface area contributed by atoms with Crippen molar-refractivity contribution in [1.82, 2.24) is 0 Å². The van der Waals surface area contributed by atoms with E-state index < -0.39 is 118 Å². The number of aliphatic hydroxyl groups excluding tert-OH is 7. The summed E-state index contributed by atoms with van der Waals surface area (Å²) in [6.07, 6.45) is 34.3. The molecule has 0 aromatic heterocycles. The molecular weight excluding hydrogens is 1650 g/mol. The molecule has 20 aliphatic rings. The van der Waals surface area contributed by atoms with Gasteiger partial charge in [-0.1, -0.05) is 109 Å². The summed E-state index contributed by atoms with van der Waals surface area (Å²) in [7, 11) is 0. The molecule has 20 rings (SSSR count). The topological polar surface area (TPSA) is 444 Å². The highest BCUT2D eigenvalue weighted by atomic mass is 16.3. The molecule has 0 saturated heterocycles. The van der Waals surface area contributed by atoms with E-state index in [2.05, 4.69) is 34.6 Å². The Morgan fingerprint density at radius 1 is 0.326 bits per heavy atom. The molecule has 0 radical (unpaired) electrons. The molecule has 0 aromatic rings. The molecule has 129 heavy (non-hydrogen) atoms. The summed E-state index contributed by atoms with van der Waals surface area (Å²) in [5, 5.41) is 114. The molecule has 24 heteroatoms. The maximum atomic E-state index is 13.3. The molecule has 32 atom stereocenters. The van der Waals surface area contributed by atoms with Crippen LogP contribution in [0.25, 0.3) is 0 Å². The van der Waals surface area contributed by atoms with Crippen LogP contribution >= 0.6 is 0 Å². The third-order valence-electron chi connectivity index (χ3n) is 41.5. The number of hydrogen-bond donors (Lipinski definition) is 11. The van der Waals surface area contributed by atoms with Gasteiger partial charge < -0.3 is 56.2 Å². The standard InChI is InChI=1S/C21H30O5.2C21H28O5.C21H26O5.C21H28O4/c4*1-19-7-5-13(23)9-12(19)3-4-14-15-6-8-21(26,17(25)11-22)20(15,2)10-16(24)18(14)19;1-20-8-7-13(23)9-12(20)3-4-14-15-5-6-16(18(25)11-22)21(15,2)10-17(24)19(14)20/h9,14-16,18,22,24,26H,3-8,10-11H2,1-2H3;9,14-15,18,22,26H,3-8,10-11H2,1-2H3;5,7,9,14-16,18,22,24,26H,3-4,6,8,10-11H2,1-2H3;5,7,9,14-15,18,22,26H,3-4,6,8,10-11H2,1-2H3;9,14-16,19,22H,3-8,10-11H2,1-2H3. The van der Waals surface area contributed by atoms with Crippen molar-refractivity contribution in [3.05, 3.63) is 82.5 Å². The molecule has 0 aliphatic heterocycles. The number of hydrogen-bond acceptors (Lipinski definition) is 24. The Morgan fingerprint density at radius 2 is 0.651 bits per heavy atom. The lowest BCUT2D eigenvalue weighted by Gasteiger charge is -2.60. The Balaban J connectivity index is 0.000000118. The largest absolute Gasteiger partial charge is 0.393 e. The quantitative estimate of drug-likeness (QED) is 0.0968. The first kappa shape index (κ1) is 95.6. The molecule has 0 heterocycles. The molecule has 24 nitrogen and oxygen atoms in total. The Labute approximate surface area is 757 Å². The highest BCUT2D eigenvalue weighted by Crippen LogP contribution is 2.74. The highest BCUT2D eigenvalue weighted by Gasteiger charge is 2.74. The summed E-state index contributed by atoms with van der Waals surface area (Å²) in [5.74, 6) is 0.0637. The zero-order chi connectivity index (χ0) is 93.6. The van der Waals surface area contributed by atoms with Crippen molar-refractivity contribution in [2.75, 3.05) is 33.0 Å². The normalized spacial score (nSPS) is 48.3. The van der Waals surface area contributed by atoms with Gasteiger partial charge in [-0.05, 0) is 290 Å². The number of rotatable bonds is 10. The predicted molar refractivity (Wildman–Crippen MR) is 471 cm³/mol. The zero-order valence-electron chi connectivity index (χ0n) is 77.3. The molecule has 32 unspecified atom stereocenters. The van der Waals surface area contributed by atoms with Crippen LogP contribution in [-0.2, 0) is 62.3 Å². The van der Waals surface area contributed by atoms with Crippen LogP contribution in [0, 0.1) is 149 Å². The van der Waals surface area contributed by atoms with Crippen LogP contribution in [0.1, 0.15) is 268 Å². The van der Waals surface area contributed by atoms with Gasteiger partial charge in [0.25, 0.3) is 0 Å². The molecule has 0 spiro atoms. The monoisotopic (exact) mass is 1780 g/mol. The van der Waals surface area contributed by atoms with E-state index in [9.17, 15) is 119 Å². The highest BCUT2D eigenvalue weighted by molar-refractivity contribution is 6.03. The van der Waals surface area contributed by atoms with E-state index in [4.69, 9.17) is 0 Å². The van der Waals surface area contributed by atoms with Crippen LogP contribution in [0.4, 0.5) is 0 Å². The van der Waals surface area contributed by atoms with E-state index >= 15 is 0 Å². The Bertz CT molecular complexity index is 4960. The summed E-state index contributed by atoms with van der Waals surface area (Å²) < 4.78 is 0. The fraction of sp³-hybridized carbons (Fsp3) is 0.743. The lowest BCUT2D eigenvalue weighted by molar-refractivity contribution is -0.182. The SMILES string of the molecule is CC12C=CC(=O)C=C1CCC1C2C(=O)CC2(C)C1CCC2(O)C(=O)CO.CC12C=CC(=O)C=C1CCC1C2C(O)CC2(C)C1CCC2(O)C(=O)CO.CC12CCC(=O)C=C1CCC1C2C(=O)CC2(C)C(C(=O)CO)CCC12.CC12CCC(=O)C=C1CCC1C2C(=O)CC2(C)C1CCC2(O)C(=O)CO.CC12CCC(=O)C=C1CCC1C2C(O)CC2(C)C1CCC2(O)C(=O)CO. The van der Waals surface area contributed by atoms with Gasteiger partial charge in [0, 0.05) is 101 Å². The van der Waals surface area contributed by atoms with Crippen LogP contribution in [-0.4, -0.2) is 199 Å². The van der Waals surface area contributed by atoms with Gasteiger partial charge in [-0.2, -0.15) is 0 Å². The molecule has 0 aromatic carbocycles. The second-order valence-corrected chi connectivity index (χ2v) is 46.4. The van der Waals surface area contributed by atoms with Gasteiger partial charge in [0.15, 0.2) is 57.8 Å². The smallest absolute Gasteiger partial charge is 0.190 e. The van der Waals surface area contributed by atoms with Crippen molar-refractivity contribution >= 4 is 75.2 Å². The molecule has 0 amide bonds. The molecular formula is C105H140O24. The average Bonchev–Trinajstić information content (AvgIpc) is 1.59. The Hall–Kier alpha value is -6.55. The predicted octanol–water partition coefficient (Wildman–Crippen LogP) is 9.97. The Morgan fingerprint density at radius 3 is 1.07 bits per heavy atom. The van der Waals surface area contributed by atoms with Gasteiger partial charge in [-0.25, -0.2) is 0 Å². The molecule has 15 saturated carbocycles. The third-order valence-corrected chi connectivity index (χ3v) is 41.5. The van der Waals surface area contributed by atoms with Crippen LogP contribution < -0.4 is 0 Å². The summed E-state index contributed by atoms with van der Waals surface area (Å²) in [6, 6.07) is 0. The van der Waals surface area contributed by atoms with Crippen molar-refractivity contribution in [2.45, 2.75) is 303 Å². The van der Waals surface area contributed by atoms with Crippen molar-refractivity contribution < 1.29 is 119 Å². The fourth-order valence-electron chi connectivity index (χ4n) is 34.8. The number of carbonyl (C=O) groups excluding carboxylic acids is 13.